The number of methoxy groups -OCH3 is 1. The molecule has 0 spiro atoms. The summed E-state index contributed by atoms with van der Waals surface area (Å²) in [6.07, 6.45) is 7.47. The smallest absolute Gasteiger partial charge is 0.141 e. The molecular weight excluding hydrogens is 246 g/mol. The third-order valence-corrected chi connectivity index (χ3v) is 3.20. The third-order valence-electron chi connectivity index (χ3n) is 3.20. The van der Waals surface area contributed by atoms with Crippen LogP contribution in [0.1, 0.15) is 12.0 Å². The van der Waals surface area contributed by atoms with Gasteiger partial charge in [0, 0.05) is 0 Å². The zero-order valence-electron chi connectivity index (χ0n) is 11.7. The predicted molar refractivity (Wildman–Crippen MR) is 84.0 cm³/mol. The van der Waals surface area contributed by atoms with Crippen LogP contribution in [0.4, 0.5) is 5.69 Å². The summed E-state index contributed by atoms with van der Waals surface area (Å²) in [4.78, 5) is 0. The van der Waals surface area contributed by atoms with Gasteiger partial charge in [-0.2, -0.15) is 0 Å². The van der Waals surface area contributed by atoms with Crippen molar-refractivity contribution in [2.75, 3.05) is 12.4 Å². The fraction of sp³-hybridized carbons (Fsp3) is 0.222. The second kappa shape index (κ2) is 7.25. The fourth-order valence-electron chi connectivity index (χ4n) is 2.10. The van der Waals surface area contributed by atoms with E-state index in [0.717, 1.165) is 24.3 Å². The van der Waals surface area contributed by atoms with Crippen molar-refractivity contribution in [1.82, 2.24) is 0 Å². The lowest BCUT2D eigenvalue weighted by Gasteiger charge is -2.16. The Hall–Kier alpha value is -2.40. The Bertz CT molecular complexity index is 571. The van der Waals surface area contributed by atoms with Crippen LogP contribution in [0, 0.1) is 12.3 Å². The van der Waals surface area contributed by atoms with Crippen LogP contribution in [0.25, 0.3) is 0 Å². The molecule has 20 heavy (non-hydrogen) atoms. The average molecular weight is 265 g/mol. The maximum atomic E-state index is 5.62. The molecule has 0 amide bonds. The van der Waals surface area contributed by atoms with Crippen LogP contribution in [-0.4, -0.2) is 13.2 Å². The minimum atomic E-state index is -0.00786. The Kier molecular flexibility index (Phi) is 5.08. The number of nitrogens with one attached hydrogen (secondary N) is 1. The van der Waals surface area contributed by atoms with Gasteiger partial charge >= 0.3 is 0 Å². The molecule has 0 saturated carbocycles. The van der Waals surface area contributed by atoms with Crippen LogP contribution < -0.4 is 10.1 Å². The Labute approximate surface area is 120 Å². The lowest BCUT2D eigenvalue weighted by Crippen LogP contribution is -2.18. The number of hydrogen-bond donors (Lipinski definition) is 1. The van der Waals surface area contributed by atoms with Gasteiger partial charge in [-0.15, -0.1) is 6.42 Å². The minimum absolute atomic E-state index is 0.00786. The number of hydrogen-bond acceptors (Lipinski definition) is 2. The number of benzene rings is 2. The van der Waals surface area contributed by atoms with Crippen LogP contribution in [-0.2, 0) is 6.42 Å². The van der Waals surface area contributed by atoms with E-state index in [1.807, 2.05) is 42.5 Å². The number of ether oxygens (including phenoxy) is 1. The quantitative estimate of drug-likeness (QED) is 0.803. The summed E-state index contributed by atoms with van der Waals surface area (Å²) in [6.45, 7) is 0. The van der Waals surface area contributed by atoms with Crippen molar-refractivity contribution in [3.63, 3.8) is 0 Å². The first-order valence-electron chi connectivity index (χ1n) is 6.73. The highest BCUT2D eigenvalue weighted by Crippen LogP contribution is 2.24. The van der Waals surface area contributed by atoms with E-state index in [0.29, 0.717) is 0 Å². The molecule has 2 heteroatoms. The molecule has 1 N–H and O–H groups in total. The monoisotopic (exact) mass is 265 g/mol. The van der Waals surface area contributed by atoms with Crippen LogP contribution in [0.2, 0.25) is 0 Å². The van der Waals surface area contributed by atoms with E-state index in [-0.39, 0.29) is 6.04 Å². The highest BCUT2D eigenvalue weighted by molar-refractivity contribution is 5.57. The lowest BCUT2D eigenvalue weighted by molar-refractivity contribution is 0.416. The molecule has 0 aromatic heterocycles. The first-order chi connectivity index (χ1) is 9.83. The summed E-state index contributed by atoms with van der Waals surface area (Å²) < 4.78 is 5.32. The molecule has 0 bridgehead atoms. The van der Waals surface area contributed by atoms with Crippen LogP contribution in [0.15, 0.2) is 54.6 Å². The maximum absolute atomic E-state index is 5.62. The van der Waals surface area contributed by atoms with Gasteiger partial charge in [-0.3, -0.25) is 0 Å². The fourth-order valence-corrected chi connectivity index (χ4v) is 2.10. The summed E-state index contributed by atoms with van der Waals surface area (Å²) in [5, 5.41) is 3.36. The van der Waals surface area contributed by atoms with Gasteiger partial charge in [0.05, 0.1) is 18.8 Å². The summed E-state index contributed by atoms with van der Waals surface area (Å²) in [7, 11) is 1.66. The summed E-state index contributed by atoms with van der Waals surface area (Å²) >= 11 is 0. The molecule has 0 unspecified atom stereocenters. The summed E-state index contributed by atoms with van der Waals surface area (Å²) in [5.41, 5.74) is 2.24. The average Bonchev–Trinajstić information content (AvgIpc) is 2.52. The molecule has 0 aliphatic heterocycles. The topological polar surface area (TPSA) is 21.3 Å². The van der Waals surface area contributed by atoms with Crippen molar-refractivity contribution >= 4 is 5.69 Å². The SMILES string of the molecule is C#C[C@H](CCc1ccccc1)Nc1ccccc1OC. The Balaban J connectivity index is 1.97. The normalized spacial score (nSPS) is 11.4. The van der Waals surface area contributed by atoms with E-state index >= 15 is 0 Å². The molecular formula is C18H19NO. The molecule has 2 aromatic rings. The molecule has 0 radical (unpaired) electrons. The molecule has 0 aliphatic rings. The highest BCUT2D eigenvalue weighted by Gasteiger charge is 2.08. The largest absolute Gasteiger partial charge is 0.495 e. The van der Waals surface area contributed by atoms with Gasteiger partial charge in [0.2, 0.25) is 0 Å². The zero-order valence-corrected chi connectivity index (χ0v) is 11.7. The van der Waals surface area contributed by atoms with E-state index in [9.17, 15) is 0 Å². The van der Waals surface area contributed by atoms with E-state index in [2.05, 4.69) is 23.4 Å². The first-order valence-corrected chi connectivity index (χ1v) is 6.73. The zero-order chi connectivity index (χ0) is 14.2. The van der Waals surface area contributed by atoms with Gasteiger partial charge in [0.15, 0.2) is 0 Å². The van der Waals surface area contributed by atoms with Gasteiger partial charge in [-0.25, -0.2) is 0 Å². The van der Waals surface area contributed by atoms with E-state index in [1.54, 1.807) is 7.11 Å². The minimum Gasteiger partial charge on any atom is -0.495 e. The van der Waals surface area contributed by atoms with E-state index in [4.69, 9.17) is 11.2 Å². The van der Waals surface area contributed by atoms with Gasteiger partial charge in [0.1, 0.15) is 5.75 Å². The molecule has 0 heterocycles. The second-order valence-corrected chi connectivity index (χ2v) is 4.59. The number of terminal acetylenes is 1. The summed E-state index contributed by atoms with van der Waals surface area (Å²) in [6, 6.07) is 18.2. The van der Waals surface area contributed by atoms with Gasteiger partial charge in [-0.1, -0.05) is 48.4 Å². The maximum Gasteiger partial charge on any atom is 0.141 e. The Morgan fingerprint density at radius 2 is 1.80 bits per heavy atom. The number of rotatable bonds is 6. The second-order valence-electron chi connectivity index (χ2n) is 4.59. The van der Waals surface area contributed by atoms with Gasteiger partial charge in [0.25, 0.3) is 0 Å². The van der Waals surface area contributed by atoms with Crippen LogP contribution in [0.5, 0.6) is 5.75 Å². The molecule has 0 saturated heterocycles. The number of para-hydroxylation sites is 2. The van der Waals surface area contributed by atoms with Crippen molar-refractivity contribution in [2.45, 2.75) is 18.9 Å². The lowest BCUT2D eigenvalue weighted by atomic mass is 10.1. The van der Waals surface area contributed by atoms with Crippen molar-refractivity contribution in [3.8, 4) is 18.1 Å². The van der Waals surface area contributed by atoms with Crippen molar-refractivity contribution in [1.29, 1.82) is 0 Å². The Morgan fingerprint density at radius 3 is 2.50 bits per heavy atom. The molecule has 0 fully saturated rings. The van der Waals surface area contributed by atoms with E-state index < -0.39 is 0 Å². The molecule has 2 aromatic carbocycles. The van der Waals surface area contributed by atoms with Crippen LogP contribution in [0.3, 0.4) is 0 Å². The van der Waals surface area contributed by atoms with Crippen molar-refractivity contribution < 1.29 is 4.74 Å². The van der Waals surface area contributed by atoms with Gasteiger partial charge in [-0.05, 0) is 30.5 Å². The molecule has 0 aliphatic carbocycles. The molecule has 1 atom stereocenters. The van der Waals surface area contributed by atoms with Gasteiger partial charge < -0.3 is 10.1 Å². The third kappa shape index (κ3) is 3.80. The number of aryl methyl sites for hydroxylation is 1. The summed E-state index contributed by atoms with van der Waals surface area (Å²) in [5.74, 6) is 3.62. The molecule has 2 nitrogen and oxygen atoms in total. The van der Waals surface area contributed by atoms with E-state index in [1.165, 1.54) is 5.56 Å². The number of anilines is 1. The first kappa shape index (κ1) is 14.0. The Morgan fingerprint density at radius 1 is 1.10 bits per heavy atom. The van der Waals surface area contributed by atoms with Crippen molar-refractivity contribution in [3.05, 3.63) is 60.2 Å². The molecule has 102 valence electrons. The molecule has 2 rings (SSSR count). The van der Waals surface area contributed by atoms with Crippen molar-refractivity contribution in [2.24, 2.45) is 0 Å². The highest BCUT2D eigenvalue weighted by atomic mass is 16.5. The standard InChI is InChI=1S/C18H19NO/c1-3-16(14-13-15-9-5-4-6-10-15)19-17-11-7-8-12-18(17)20-2/h1,4-12,16,19H,13-14H2,2H3/t16-/m1/s1. The predicted octanol–water partition coefficient (Wildman–Crippen LogP) is 3.74. The van der Waals surface area contributed by atoms with Crippen LogP contribution >= 0.6 is 0 Å².